The van der Waals surface area contributed by atoms with Crippen molar-refractivity contribution in [1.82, 2.24) is 0 Å². The zero-order valence-electron chi connectivity index (χ0n) is 9.20. The molecular weight excluding hydrogens is 281 g/mol. The van der Waals surface area contributed by atoms with E-state index in [1.807, 2.05) is 36.9 Å². The third-order valence-electron chi connectivity index (χ3n) is 1.64. The molecule has 0 aliphatic heterocycles. The zero-order chi connectivity index (χ0) is 12.2. The molecule has 0 aromatic heterocycles. The highest BCUT2D eigenvalue weighted by molar-refractivity contribution is 7.54. The van der Waals surface area contributed by atoms with E-state index in [-0.39, 0.29) is 0 Å². The lowest BCUT2D eigenvalue weighted by atomic mass is 10.3. The van der Waals surface area contributed by atoms with Crippen molar-refractivity contribution in [3.05, 3.63) is 36.9 Å². The summed E-state index contributed by atoms with van der Waals surface area (Å²) in [4.78, 5) is 0. The van der Waals surface area contributed by atoms with Crippen LogP contribution in [0.3, 0.4) is 0 Å². The highest BCUT2D eigenvalue weighted by atomic mass is 35.8. The van der Waals surface area contributed by atoms with Crippen LogP contribution in [0.2, 0.25) is 0 Å². The molecular formula is C11H15AlCl3O. The second kappa shape index (κ2) is 11.9. The largest absolute Gasteiger partial charge is 0.643 e. The van der Waals surface area contributed by atoms with Gasteiger partial charge in [-0.15, -0.1) is 0 Å². The van der Waals surface area contributed by atoms with Crippen LogP contribution in [0.1, 0.15) is 26.2 Å². The molecule has 0 saturated heterocycles. The lowest BCUT2D eigenvalue weighted by Crippen LogP contribution is -1.88. The molecule has 0 atom stereocenters. The number of rotatable bonds is 5. The first-order valence-corrected chi connectivity index (χ1v) is 10.4. The lowest BCUT2D eigenvalue weighted by molar-refractivity contribution is 0.386. The van der Waals surface area contributed by atoms with Crippen molar-refractivity contribution in [2.45, 2.75) is 26.2 Å². The van der Waals surface area contributed by atoms with Gasteiger partial charge in [0.05, 0.1) is 0 Å². The second-order valence-electron chi connectivity index (χ2n) is 2.99. The number of para-hydroxylation sites is 1. The molecule has 0 aliphatic carbocycles. The summed E-state index contributed by atoms with van der Waals surface area (Å²) in [7, 11) is 14.8. The van der Waals surface area contributed by atoms with Gasteiger partial charge < -0.3 is 4.74 Å². The summed E-state index contributed by atoms with van der Waals surface area (Å²) in [6.45, 7) is 4.05. The molecule has 89 valence electrons. The molecule has 1 aromatic carbocycles. The van der Waals surface area contributed by atoms with Gasteiger partial charge in [-0.3, -0.25) is 0 Å². The molecule has 0 saturated carbocycles. The topological polar surface area (TPSA) is 9.23 Å². The molecule has 1 rings (SSSR count). The van der Waals surface area contributed by atoms with Crippen molar-refractivity contribution in [2.75, 3.05) is 0 Å². The van der Waals surface area contributed by atoms with Crippen LogP contribution >= 0.6 is 30.1 Å². The lowest BCUT2D eigenvalue weighted by Gasteiger charge is -2.02. The van der Waals surface area contributed by atoms with Crippen molar-refractivity contribution in [3.8, 4) is 5.75 Å². The Bertz CT molecular complexity index is 241. The van der Waals surface area contributed by atoms with E-state index in [1.54, 1.807) is 0 Å². The Hall–Kier alpha value is 0.422. The molecule has 5 heteroatoms. The molecule has 0 aliphatic rings. The number of benzene rings is 1. The number of hydrogen-bond donors (Lipinski definition) is 0. The van der Waals surface area contributed by atoms with Crippen molar-refractivity contribution < 1.29 is 4.74 Å². The third kappa shape index (κ3) is 12.5. The van der Waals surface area contributed by atoms with Gasteiger partial charge in [-0.05, 0) is 25.0 Å². The minimum Gasteiger partial charge on any atom is -0.487 e. The molecule has 16 heavy (non-hydrogen) atoms. The average Bonchev–Trinajstić information content (AvgIpc) is 2.25. The van der Waals surface area contributed by atoms with Crippen molar-refractivity contribution in [1.29, 1.82) is 0 Å². The summed E-state index contributed by atoms with van der Waals surface area (Å²) < 4.78 is 5.38. The van der Waals surface area contributed by atoms with Gasteiger partial charge in [0, 0.05) is 0 Å². The third-order valence-corrected chi connectivity index (χ3v) is 1.64. The summed E-state index contributed by atoms with van der Waals surface area (Å²) in [5.74, 6) is 0.925. The fourth-order valence-electron chi connectivity index (χ4n) is 0.942. The van der Waals surface area contributed by atoms with Crippen LogP contribution in [0.4, 0.5) is 0 Å². The van der Waals surface area contributed by atoms with Gasteiger partial charge in [0.1, 0.15) is 12.4 Å². The van der Waals surface area contributed by atoms with Crippen LogP contribution in [0.15, 0.2) is 30.3 Å². The van der Waals surface area contributed by atoms with Gasteiger partial charge >= 0.3 is 11.4 Å². The Labute approximate surface area is 115 Å². The average molecular weight is 297 g/mol. The van der Waals surface area contributed by atoms with Gasteiger partial charge in [-0.1, -0.05) is 31.5 Å². The molecule has 1 aromatic rings. The van der Waals surface area contributed by atoms with E-state index in [1.165, 1.54) is 12.8 Å². The standard InChI is InChI=1S/C11H15O.Al.3ClH/c1-2-3-7-10-12-11-8-5-4-6-9-11;;;;/h4-6,8-10H,2-3,7H2,1H3;;3*1H/q;+3;;;/p-3. The summed E-state index contributed by atoms with van der Waals surface area (Å²) in [5, 5.41) is 0. The Kier molecular flexibility index (Phi) is 12.2. The summed E-state index contributed by atoms with van der Waals surface area (Å²) in [5.41, 5.74) is 0. The maximum atomic E-state index is 5.38. The smallest absolute Gasteiger partial charge is 0.487 e. The fraction of sp³-hybridized carbons (Fsp3) is 0.364. The van der Waals surface area contributed by atoms with Crippen LogP contribution < -0.4 is 4.74 Å². The van der Waals surface area contributed by atoms with E-state index in [9.17, 15) is 0 Å². The summed E-state index contributed by atoms with van der Waals surface area (Å²) in [6, 6.07) is 9.86. The van der Waals surface area contributed by atoms with Crippen molar-refractivity contribution >= 4 is 41.5 Å². The monoisotopic (exact) mass is 295 g/mol. The van der Waals surface area contributed by atoms with Gasteiger partial charge in [-0.25, -0.2) is 30.1 Å². The van der Waals surface area contributed by atoms with Crippen LogP contribution in [0.5, 0.6) is 5.75 Å². The molecule has 1 nitrogen and oxygen atoms in total. The van der Waals surface area contributed by atoms with Crippen LogP contribution in [-0.2, 0) is 0 Å². The molecule has 0 amide bonds. The molecule has 0 spiro atoms. The van der Waals surface area contributed by atoms with Gasteiger partial charge in [0.2, 0.25) is 0 Å². The molecule has 0 heterocycles. The molecule has 0 N–H and O–H groups in total. The van der Waals surface area contributed by atoms with Crippen LogP contribution in [0.25, 0.3) is 0 Å². The summed E-state index contributed by atoms with van der Waals surface area (Å²) in [6.07, 6.45) is 3.45. The quantitative estimate of drug-likeness (QED) is 0.542. The van der Waals surface area contributed by atoms with E-state index in [0.29, 0.717) is 0 Å². The second-order valence-corrected chi connectivity index (χ2v) is 9.42. The van der Waals surface area contributed by atoms with E-state index >= 15 is 0 Å². The summed E-state index contributed by atoms with van der Waals surface area (Å²) >= 11 is -1.72. The normalized spacial score (nSPS) is 9.00. The fourth-order valence-corrected chi connectivity index (χ4v) is 0.942. The Morgan fingerprint density at radius 1 is 1.19 bits per heavy atom. The first-order chi connectivity index (χ1) is 7.66. The van der Waals surface area contributed by atoms with Crippen molar-refractivity contribution in [2.24, 2.45) is 0 Å². The molecule has 0 fully saturated rings. The van der Waals surface area contributed by atoms with Crippen LogP contribution in [-0.4, -0.2) is 11.4 Å². The Morgan fingerprint density at radius 3 is 2.25 bits per heavy atom. The van der Waals surface area contributed by atoms with E-state index in [4.69, 9.17) is 34.9 Å². The van der Waals surface area contributed by atoms with E-state index < -0.39 is 11.4 Å². The molecule has 1 radical (unpaired) electrons. The van der Waals surface area contributed by atoms with Crippen molar-refractivity contribution in [3.63, 3.8) is 0 Å². The number of halogens is 3. The molecule has 0 bridgehead atoms. The van der Waals surface area contributed by atoms with E-state index in [2.05, 4.69) is 6.92 Å². The highest BCUT2D eigenvalue weighted by Gasteiger charge is 2.00. The predicted molar refractivity (Wildman–Crippen MR) is 74.2 cm³/mol. The highest BCUT2D eigenvalue weighted by Crippen LogP contribution is 2.10. The first kappa shape index (κ1) is 16.4. The minimum atomic E-state index is -1.72. The number of ether oxygens (including phenoxy) is 1. The molecule has 0 unspecified atom stereocenters. The predicted octanol–water partition coefficient (Wildman–Crippen LogP) is 5.11. The maximum absolute atomic E-state index is 5.38. The van der Waals surface area contributed by atoms with E-state index in [0.717, 1.165) is 12.2 Å². The zero-order valence-corrected chi connectivity index (χ0v) is 12.6. The number of unbranched alkanes of at least 4 members (excludes halogenated alkanes) is 2. The maximum Gasteiger partial charge on any atom is 0.643 e. The Morgan fingerprint density at radius 2 is 1.75 bits per heavy atom. The van der Waals surface area contributed by atoms with Gasteiger partial charge in [-0.2, -0.15) is 0 Å². The Balaban J connectivity index is 0.000000487. The number of hydrogen-bond acceptors (Lipinski definition) is 1. The minimum absolute atomic E-state index is 0.925. The SMILES string of the molecule is CCCC[CH]Oc1ccccc1.[Cl][Al]([Cl])[Cl]. The first-order valence-electron chi connectivity index (χ1n) is 5.12. The van der Waals surface area contributed by atoms with Crippen LogP contribution in [0, 0.1) is 6.61 Å². The van der Waals surface area contributed by atoms with Gasteiger partial charge in [0.25, 0.3) is 0 Å². The van der Waals surface area contributed by atoms with Gasteiger partial charge in [0.15, 0.2) is 0 Å².